The van der Waals surface area contributed by atoms with Crippen LogP contribution in [0.4, 0.5) is 4.79 Å². The van der Waals surface area contributed by atoms with Gasteiger partial charge < -0.3 is 14.8 Å². The highest BCUT2D eigenvalue weighted by molar-refractivity contribution is 5.74. The lowest BCUT2D eigenvalue weighted by atomic mass is 9.74. The number of aromatic nitrogens is 3. The summed E-state index contributed by atoms with van der Waals surface area (Å²) in [6.07, 6.45) is 15.1. The second-order valence-corrected chi connectivity index (χ2v) is 8.59. The Morgan fingerprint density at radius 3 is 2.54 bits per heavy atom. The van der Waals surface area contributed by atoms with Crippen molar-refractivity contribution in [3.63, 3.8) is 0 Å². The van der Waals surface area contributed by atoms with Gasteiger partial charge in [-0.3, -0.25) is 0 Å². The minimum absolute atomic E-state index is 0.0827. The average Bonchev–Trinajstić information content (AvgIpc) is 2.83. The van der Waals surface area contributed by atoms with Crippen molar-refractivity contribution in [3.8, 4) is 0 Å². The monoisotopic (exact) mass is 359 g/mol. The van der Waals surface area contributed by atoms with Crippen molar-refractivity contribution in [2.75, 3.05) is 13.1 Å². The summed E-state index contributed by atoms with van der Waals surface area (Å²) >= 11 is 0. The quantitative estimate of drug-likeness (QED) is 0.877. The van der Waals surface area contributed by atoms with Gasteiger partial charge in [-0.2, -0.15) is 0 Å². The highest BCUT2D eigenvalue weighted by Crippen LogP contribution is 2.42. The number of aryl methyl sites for hydroxylation is 1. The van der Waals surface area contributed by atoms with Crippen molar-refractivity contribution in [1.29, 1.82) is 0 Å². The fourth-order valence-corrected chi connectivity index (χ4v) is 5.21. The summed E-state index contributed by atoms with van der Waals surface area (Å²) in [6, 6.07) is 0.0827. The smallest absolute Gasteiger partial charge is 0.317 e. The summed E-state index contributed by atoms with van der Waals surface area (Å²) in [5, 5.41) is 11.8. The van der Waals surface area contributed by atoms with Crippen LogP contribution in [0.3, 0.4) is 0 Å². The van der Waals surface area contributed by atoms with Crippen molar-refractivity contribution in [2.24, 2.45) is 5.41 Å². The molecular formula is C20H33N5O. The number of carbonyl (C=O) groups excluding carboxylic acids is 1. The lowest BCUT2D eigenvalue weighted by Crippen LogP contribution is -2.49. The molecule has 6 nitrogen and oxygen atoms in total. The highest BCUT2D eigenvalue weighted by Gasteiger charge is 2.37. The first-order valence-electron chi connectivity index (χ1n) is 10.7. The Labute approximate surface area is 156 Å². The maximum Gasteiger partial charge on any atom is 0.317 e. The van der Waals surface area contributed by atoms with Crippen LogP contribution in [0.25, 0.3) is 0 Å². The topological polar surface area (TPSA) is 63.1 Å². The van der Waals surface area contributed by atoms with Gasteiger partial charge in [0.2, 0.25) is 0 Å². The van der Waals surface area contributed by atoms with Crippen molar-refractivity contribution in [3.05, 3.63) is 11.6 Å². The number of hydrogen-bond donors (Lipinski definition) is 1. The van der Waals surface area contributed by atoms with E-state index in [1.807, 2.05) is 0 Å². The van der Waals surface area contributed by atoms with Crippen LogP contribution in [0.1, 0.15) is 82.3 Å². The second kappa shape index (κ2) is 7.97. The van der Waals surface area contributed by atoms with Gasteiger partial charge in [0.15, 0.2) is 5.82 Å². The first-order chi connectivity index (χ1) is 12.8. The molecule has 1 N–H and O–H groups in total. The number of likely N-dealkylation sites (tertiary alicyclic amines) is 1. The lowest BCUT2D eigenvalue weighted by Gasteiger charge is -2.42. The minimum atomic E-state index is 0.0827. The van der Waals surface area contributed by atoms with E-state index in [2.05, 4.69) is 25.0 Å². The predicted octanol–water partition coefficient (Wildman–Crippen LogP) is 3.65. The molecule has 4 rings (SSSR count). The fraction of sp³-hybridized carbons (Fsp3) is 0.850. The molecule has 26 heavy (non-hydrogen) atoms. The average molecular weight is 360 g/mol. The molecule has 2 fully saturated rings. The number of urea groups is 1. The molecule has 1 spiro atoms. The molecule has 0 atom stereocenters. The van der Waals surface area contributed by atoms with Crippen molar-refractivity contribution in [1.82, 2.24) is 25.0 Å². The molecule has 144 valence electrons. The molecule has 1 aromatic heterocycles. The maximum atomic E-state index is 12.8. The van der Waals surface area contributed by atoms with Crippen LogP contribution in [-0.2, 0) is 19.5 Å². The molecule has 2 amide bonds. The molecule has 1 saturated carbocycles. The Kier molecular flexibility index (Phi) is 5.46. The first-order valence-corrected chi connectivity index (χ1v) is 10.7. The zero-order valence-corrected chi connectivity index (χ0v) is 16.0. The molecule has 1 saturated heterocycles. The van der Waals surface area contributed by atoms with Crippen molar-refractivity contribution in [2.45, 2.75) is 90.1 Å². The normalized spacial score (nSPS) is 23.2. The van der Waals surface area contributed by atoms with E-state index in [1.165, 1.54) is 64.2 Å². The predicted molar refractivity (Wildman–Crippen MR) is 101 cm³/mol. The Morgan fingerprint density at radius 1 is 0.923 bits per heavy atom. The molecule has 2 aliphatic heterocycles. The van der Waals surface area contributed by atoms with Crippen LogP contribution >= 0.6 is 0 Å². The summed E-state index contributed by atoms with van der Waals surface area (Å²) < 4.78 is 2.22. The molecule has 3 heterocycles. The third-order valence-corrected chi connectivity index (χ3v) is 6.70. The van der Waals surface area contributed by atoms with Crippen molar-refractivity contribution < 1.29 is 4.79 Å². The van der Waals surface area contributed by atoms with Gasteiger partial charge in [-0.25, -0.2) is 4.79 Å². The van der Waals surface area contributed by atoms with Gasteiger partial charge in [0.05, 0.1) is 6.54 Å². The largest absolute Gasteiger partial charge is 0.331 e. The minimum Gasteiger partial charge on any atom is -0.331 e. The van der Waals surface area contributed by atoms with Gasteiger partial charge in [0.1, 0.15) is 5.82 Å². The first kappa shape index (κ1) is 17.8. The van der Waals surface area contributed by atoms with Gasteiger partial charge >= 0.3 is 6.03 Å². The molecule has 6 heteroatoms. The summed E-state index contributed by atoms with van der Waals surface area (Å²) in [4.78, 5) is 14.9. The molecule has 0 bridgehead atoms. The summed E-state index contributed by atoms with van der Waals surface area (Å²) in [5.74, 6) is 2.00. The molecule has 1 aromatic rings. The standard InChI is InChI=1S/C20H33N5O/c26-19(21-15-18-23-22-17-9-4-3-7-14-25(17)18)24-13-8-12-20(16-24)10-5-1-2-6-11-20/h1-16H2,(H,21,26). The van der Waals surface area contributed by atoms with Crippen molar-refractivity contribution >= 4 is 6.03 Å². The molecule has 3 aliphatic rings. The van der Waals surface area contributed by atoms with E-state index < -0.39 is 0 Å². The molecule has 0 unspecified atom stereocenters. The van der Waals surface area contributed by atoms with E-state index in [0.717, 1.165) is 44.1 Å². The number of nitrogens with one attached hydrogen (secondary N) is 1. The third kappa shape index (κ3) is 3.89. The number of rotatable bonds is 2. The van der Waals surface area contributed by atoms with Crippen LogP contribution in [0.15, 0.2) is 0 Å². The number of piperidine rings is 1. The van der Waals surface area contributed by atoms with Crippen LogP contribution < -0.4 is 5.32 Å². The van der Waals surface area contributed by atoms with E-state index in [1.54, 1.807) is 0 Å². The number of nitrogens with zero attached hydrogens (tertiary/aromatic N) is 4. The van der Waals surface area contributed by atoms with Crippen LogP contribution in [0.5, 0.6) is 0 Å². The van der Waals surface area contributed by atoms with Gasteiger partial charge in [0, 0.05) is 26.1 Å². The Hall–Kier alpha value is -1.59. The molecule has 0 aromatic carbocycles. The molecular weight excluding hydrogens is 326 g/mol. The number of carbonyl (C=O) groups is 1. The Balaban J connectivity index is 1.35. The molecule has 1 aliphatic carbocycles. The number of hydrogen-bond acceptors (Lipinski definition) is 3. The summed E-state index contributed by atoms with van der Waals surface area (Å²) in [5.41, 5.74) is 0.387. The zero-order chi connectivity index (χ0) is 17.8. The SMILES string of the molecule is O=C(NCc1nnc2n1CCCCC2)N1CCCC2(CCCCCC2)C1. The van der Waals surface area contributed by atoms with E-state index in [9.17, 15) is 4.79 Å². The number of amides is 2. The van der Waals surface area contributed by atoms with Gasteiger partial charge in [-0.05, 0) is 43.9 Å². The van der Waals surface area contributed by atoms with E-state index in [4.69, 9.17) is 0 Å². The fourth-order valence-electron chi connectivity index (χ4n) is 5.21. The summed E-state index contributed by atoms with van der Waals surface area (Å²) in [6.45, 7) is 3.32. The Bertz CT molecular complexity index is 618. The second-order valence-electron chi connectivity index (χ2n) is 8.59. The summed E-state index contributed by atoms with van der Waals surface area (Å²) in [7, 11) is 0. The van der Waals surface area contributed by atoms with Crippen LogP contribution in [-0.4, -0.2) is 38.8 Å². The Morgan fingerprint density at radius 2 is 1.69 bits per heavy atom. The van der Waals surface area contributed by atoms with E-state index in [0.29, 0.717) is 12.0 Å². The van der Waals surface area contributed by atoms with Gasteiger partial charge in [-0.1, -0.05) is 32.1 Å². The lowest BCUT2D eigenvalue weighted by molar-refractivity contribution is 0.0904. The maximum absolute atomic E-state index is 12.8. The number of fused-ring (bicyclic) bond motifs is 1. The highest BCUT2D eigenvalue weighted by atomic mass is 16.2. The van der Waals surface area contributed by atoms with Gasteiger partial charge in [-0.15, -0.1) is 10.2 Å². The third-order valence-electron chi connectivity index (χ3n) is 6.70. The van der Waals surface area contributed by atoms with Gasteiger partial charge in [0.25, 0.3) is 0 Å². The van der Waals surface area contributed by atoms with Crippen LogP contribution in [0, 0.1) is 5.41 Å². The molecule has 0 radical (unpaired) electrons. The zero-order valence-electron chi connectivity index (χ0n) is 16.0. The van der Waals surface area contributed by atoms with E-state index >= 15 is 0 Å². The van der Waals surface area contributed by atoms with E-state index in [-0.39, 0.29) is 6.03 Å². The van der Waals surface area contributed by atoms with Crippen LogP contribution in [0.2, 0.25) is 0 Å².